The van der Waals surface area contributed by atoms with E-state index in [-0.39, 0.29) is 10.6 Å². The average Bonchev–Trinajstić information content (AvgIpc) is 2.93. The molecule has 0 amide bonds. The molecule has 37 heavy (non-hydrogen) atoms. The molecule has 190 valence electrons. The van der Waals surface area contributed by atoms with Crippen LogP contribution in [-0.2, 0) is 26.1 Å². The van der Waals surface area contributed by atoms with Gasteiger partial charge in [-0.2, -0.15) is 0 Å². The van der Waals surface area contributed by atoms with E-state index < -0.39 is 0 Å². The van der Waals surface area contributed by atoms with Gasteiger partial charge in [0.15, 0.2) is 11.5 Å². The van der Waals surface area contributed by atoms with Crippen molar-refractivity contribution in [2.75, 3.05) is 13.7 Å². The largest absolute Gasteiger partial charge is 0.493 e. The molecule has 0 heterocycles. The van der Waals surface area contributed by atoms with Crippen molar-refractivity contribution in [3.63, 3.8) is 0 Å². The first-order valence-electron chi connectivity index (χ1n) is 12.4. The van der Waals surface area contributed by atoms with Crippen LogP contribution < -0.4 is 9.47 Å². The zero-order chi connectivity index (χ0) is 25.9. The monoisotopic (exact) mass is 496 g/mol. The minimum atomic E-state index is -0.366. The molecule has 4 aromatic rings. The third kappa shape index (κ3) is 7.92. The predicted octanol–water partition coefficient (Wildman–Crippen LogP) is 6.82. The van der Waals surface area contributed by atoms with Gasteiger partial charge < -0.3 is 9.47 Å². The highest BCUT2D eigenvalue weighted by molar-refractivity contribution is 5.43. The number of hydrogen-bond acceptors (Lipinski definition) is 5. The van der Waals surface area contributed by atoms with Gasteiger partial charge in [0.1, 0.15) is 6.61 Å². The second kappa shape index (κ2) is 13.2. The van der Waals surface area contributed by atoms with E-state index in [0.29, 0.717) is 24.7 Å². The van der Waals surface area contributed by atoms with Crippen molar-refractivity contribution in [2.24, 2.45) is 0 Å². The van der Waals surface area contributed by atoms with E-state index in [0.717, 1.165) is 42.6 Å². The standard InChI is InChI=1S/C31H32N2O4/c1-36-31-21-28(16-19-30(31)37-24-27-11-6-3-7-12-27)23-32(20-8-13-25-9-4-2-5-10-25)22-26-14-17-29(18-15-26)33(34)35/h2-7,9-12,14-19,21H,8,13,20,22-24H2,1H3. The van der Waals surface area contributed by atoms with Crippen molar-refractivity contribution in [1.29, 1.82) is 0 Å². The SMILES string of the molecule is COc1cc(CN(CCCc2ccccc2)Cc2ccc([N+](=O)[O-])cc2)ccc1OCc1ccccc1. The first kappa shape index (κ1) is 25.9. The minimum Gasteiger partial charge on any atom is -0.493 e. The highest BCUT2D eigenvalue weighted by Crippen LogP contribution is 2.29. The number of non-ortho nitro benzene ring substituents is 1. The third-order valence-electron chi connectivity index (χ3n) is 6.21. The zero-order valence-corrected chi connectivity index (χ0v) is 21.1. The van der Waals surface area contributed by atoms with Gasteiger partial charge in [-0.1, -0.05) is 78.9 Å². The molecule has 0 saturated heterocycles. The van der Waals surface area contributed by atoms with Gasteiger partial charge in [0.25, 0.3) is 5.69 Å². The summed E-state index contributed by atoms with van der Waals surface area (Å²) in [7, 11) is 1.66. The average molecular weight is 497 g/mol. The van der Waals surface area contributed by atoms with Crippen LogP contribution in [0.25, 0.3) is 0 Å². The van der Waals surface area contributed by atoms with Crippen molar-refractivity contribution < 1.29 is 14.4 Å². The number of aryl methyl sites for hydroxylation is 1. The quantitative estimate of drug-likeness (QED) is 0.150. The van der Waals surface area contributed by atoms with Crippen LogP contribution in [0, 0.1) is 10.1 Å². The summed E-state index contributed by atoms with van der Waals surface area (Å²) in [5.74, 6) is 1.41. The van der Waals surface area contributed by atoms with Crippen molar-refractivity contribution in [3.8, 4) is 11.5 Å². The van der Waals surface area contributed by atoms with Gasteiger partial charge in [-0.25, -0.2) is 0 Å². The Balaban J connectivity index is 1.45. The number of hydrogen-bond donors (Lipinski definition) is 0. The molecule has 0 aliphatic carbocycles. The van der Waals surface area contributed by atoms with Crippen molar-refractivity contribution in [3.05, 3.63) is 135 Å². The molecule has 0 bridgehead atoms. The van der Waals surface area contributed by atoms with Gasteiger partial charge in [0.05, 0.1) is 12.0 Å². The van der Waals surface area contributed by atoms with Gasteiger partial charge in [-0.05, 0) is 53.8 Å². The summed E-state index contributed by atoms with van der Waals surface area (Å²) in [6.07, 6.45) is 2.00. The van der Waals surface area contributed by atoms with E-state index >= 15 is 0 Å². The van der Waals surface area contributed by atoms with Crippen LogP contribution in [0.4, 0.5) is 5.69 Å². The van der Waals surface area contributed by atoms with Gasteiger partial charge in [0, 0.05) is 25.2 Å². The van der Waals surface area contributed by atoms with Crippen LogP contribution in [0.3, 0.4) is 0 Å². The topological polar surface area (TPSA) is 64.8 Å². The van der Waals surface area contributed by atoms with Crippen LogP contribution in [-0.4, -0.2) is 23.5 Å². The number of benzene rings is 4. The van der Waals surface area contributed by atoms with Crippen LogP contribution >= 0.6 is 0 Å². The maximum Gasteiger partial charge on any atom is 0.269 e. The first-order valence-corrected chi connectivity index (χ1v) is 12.4. The Kier molecular flexibility index (Phi) is 9.27. The number of methoxy groups -OCH3 is 1. The van der Waals surface area contributed by atoms with Crippen LogP contribution in [0.5, 0.6) is 11.5 Å². The molecule has 4 aromatic carbocycles. The van der Waals surface area contributed by atoms with E-state index in [4.69, 9.17) is 9.47 Å². The molecule has 0 fully saturated rings. The summed E-state index contributed by atoms with van der Waals surface area (Å²) < 4.78 is 11.7. The Bertz CT molecular complexity index is 1260. The molecule has 0 spiro atoms. The van der Waals surface area contributed by atoms with E-state index in [9.17, 15) is 10.1 Å². The first-order chi connectivity index (χ1) is 18.1. The maximum absolute atomic E-state index is 11.0. The molecule has 0 radical (unpaired) electrons. The maximum atomic E-state index is 11.0. The predicted molar refractivity (Wildman–Crippen MR) is 146 cm³/mol. The number of rotatable bonds is 13. The summed E-state index contributed by atoms with van der Waals surface area (Å²) in [5.41, 5.74) is 4.68. The third-order valence-corrected chi connectivity index (χ3v) is 6.21. The van der Waals surface area contributed by atoms with Crippen LogP contribution in [0.15, 0.2) is 103 Å². The Labute approximate surface area is 218 Å². The molecule has 0 saturated carbocycles. The van der Waals surface area contributed by atoms with Crippen LogP contribution in [0.1, 0.15) is 28.7 Å². The number of ether oxygens (including phenoxy) is 2. The molecule has 4 rings (SSSR count). The number of nitro groups is 1. The Morgan fingerprint density at radius 2 is 1.35 bits per heavy atom. The van der Waals surface area contributed by atoms with E-state index in [2.05, 4.69) is 35.2 Å². The van der Waals surface area contributed by atoms with Gasteiger partial charge in [0.2, 0.25) is 0 Å². The summed E-state index contributed by atoms with van der Waals surface area (Å²) in [6.45, 7) is 2.78. The van der Waals surface area contributed by atoms with Gasteiger partial charge in [-0.3, -0.25) is 15.0 Å². The van der Waals surface area contributed by atoms with Gasteiger partial charge >= 0.3 is 0 Å². The minimum absolute atomic E-state index is 0.107. The Morgan fingerprint density at radius 3 is 2.00 bits per heavy atom. The number of nitro benzene ring substituents is 1. The molecule has 0 unspecified atom stereocenters. The highest BCUT2D eigenvalue weighted by atomic mass is 16.6. The van der Waals surface area contributed by atoms with Gasteiger partial charge in [-0.15, -0.1) is 0 Å². The Morgan fingerprint density at radius 1 is 0.730 bits per heavy atom. The zero-order valence-electron chi connectivity index (χ0n) is 21.1. The molecule has 0 aliphatic rings. The molecule has 0 N–H and O–H groups in total. The van der Waals surface area contributed by atoms with Crippen molar-refractivity contribution in [2.45, 2.75) is 32.5 Å². The van der Waals surface area contributed by atoms with Crippen molar-refractivity contribution >= 4 is 5.69 Å². The molecular formula is C31H32N2O4. The second-order valence-corrected chi connectivity index (χ2v) is 8.98. The lowest BCUT2D eigenvalue weighted by atomic mass is 10.1. The summed E-state index contributed by atoms with van der Waals surface area (Å²) in [4.78, 5) is 13.0. The smallest absolute Gasteiger partial charge is 0.269 e. The molecule has 6 heteroatoms. The second-order valence-electron chi connectivity index (χ2n) is 8.98. The van der Waals surface area contributed by atoms with E-state index in [1.807, 2.05) is 60.7 Å². The lowest BCUT2D eigenvalue weighted by Gasteiger charge is -2.23. The van der Waals surface area contributed by atoms with E-state index in [1.54, 1.807) is 19.2 Å². The fourth-order valence-corrected chi connectivity index (χ4v) is 4.27. The fourth-order valence-electron chi connectivity index (χ4n) is 4.27. The summed E-state index contributed by atoms with van der Waals surface area (Å²) >= 11 is 0. The molecule has 0 aromatic heterocycles. The lowest BCUT2D eigenvalue weighted by molar-refractivity contribution is -0.384. The normalized spacial score (nSPS) is 10.9. The number of nitrogens with zero attached hydrogens (tertiary/aromatic N) is 2. The highest BCUT2D eigenvalue weighted by Gasteiger charge is 2.12. The lowest BCUT2D eigenvalue weighted by Crippen LogP contribution is -2.24. The molecule has 6 nitrogen and oxygen atoms in total. The Hall–Kier alpha value is -4.16. The van der Waals surface area contributed by atoms with Crippen molar-refractivity contribution in [1.82, 2.24) is 4.90 Å². The molecule has 0 aliphatic heterocycles. The summed E-state index contributed by atoms with van der Waals surface area (Å²) in [5, 5.41) is 11.0. The van der Waals surface area contributed by atoms with Crippen LogP contribution in [0.2, 0.25) is 0 Å². The molecule has 0 atom stereocenters. The van der Waals surface area contributed by atoms with E-state index in [1.165, 1.54) is 5.56 Å². The summed E-state index contributed by atoms with van der Waals surface area (Å²) in [6, 6.07) is 33.4. The fraction of sp³-hybridized carbons (Fsp3) is 0.226. The molecular weight excluding hydrogens is 464 g/mol.